The van der Waals surface area contributed by atoms with Crippen LogP contribution in [-0.2, 0) is 16.6 Å². The van der Waals surface area contributed by atoms with E-state index in [1.54, 1.807) is 0 Å². The van der Waals surface area contributed by atoms with E-state index in [9.17, 15) is 4.79 Å². The standard InChI is InChI=1S/C14H25N3O2/c1-8(2)13(14(18)19-7)15-9(3)12-10(4)16-17(6)11(12)5/h8-9,13,15H,1-7H3. The lowest BCUT2D eigenvalue weighted by atomic mass is 10.0. The lowest BCUT2D eigenvalue weighted by molar-refractivity contribution is -0.144. The second kappa shape index (κ2) is 6.19. The zero-order chi connectivity index (χ0) is 14.7. The third-order valence-corrected chi connectivity index (χ3v) is 3.55. The monoisotopic (exact) mass is 267 g/mol. The highest BCUT2D eigenvalue weighted by molar-refractivity contribution is 5.76. The van der Waals surface area contributed by atoms with E-state index in [2.05, 4.69) is 17.3 Å². The molecule has 0 aromatic carbocycles. The molecular formula is C14H25N3O2. The first-order valence-electron chi connectivity index (χ1n) is 6.63. The molecule has 0 aliphatic rings. The number of nitrogens with zero attached hydrogens (tertiary/aromatic N) is 2. The Labute approximate surface area is 115 Å². The van der Waals surface area contributed by atoms with Crippen LogP contribution in [0.2, 0.25) is 0 Å². The number of rotatable bonds is 5. The van der Waals surface area contributed by atoms with Crippen molar-refractivity contribution < 1.29 is 9.53 Å². The Morgan fingerprint density at radius 1 is 1.32 bits per heavy atom. The molecule has 108 valence electrons. The highest BCUT2D eigenvalue weighted by atomic mass is 16.5. The van der Waals surface area contributed by atoms with Crippen molar-refractivity contribution in [3.8, 4) is 0 Å². The van der Waals surface area contributed by atoms with Crippen molar-refractivity contribution in [2.24, 2.45) is 13.0 Å². The van der Waals surface area contributed by atoms with Crippen LogP contribution in [0, 0.1) is 19.8 Å². The number of carbonyl (C=O) groups is 1. The van der Waals surface area contributed by atoms with Crippen LogP contribution >= 0.6 is 0 Å². The number of methoxy groups -OCH3 is 1. The molecule has 0 saturated carbocycles. The van der Waals surface area contributed by atoms with Crippen LogP contribution in [-0.4, -0.2) is 28.9 Å². The van der Waals surface area contributed by atoms with E-state index in [4.69, 9.17) is 4.74 Å². The maximum absolute atomic E-state index is 11.8. The summed E-state index contributed by atoms with van der Waals surface area (Å²) in [5.74, 6) is -0.0479. The number of ether oxygens (including phenoxy) is 1. The highest BCUT2D eigenvalue weighted by Crippen LogP contribution is 2.22. The van der Waals surface area contributed by atoms with Gasteiger partial charge in [-0.05, 0) is 26.7 Å². The van der Waals surface area contributed by atoms with Crippen molar-refractivity contribution in [1.82, 2.24) is 15.1 Å². The molecule has 2 atom stereocenters. The fourth-order valence-corrected chi connectivity index (χ4v) is 2.43. The average Bonchev–Trinajstić information content (AvgIpc) is 2.58. The number of aromatic nitrogens is 2. The Kier molecular flexibility index (Phi) is 5.11. The van der Waals surface area contributed by atoms with Crippen LogP contribution < -0.4 is 5.32 Å². The molecule has 0 spiro atoms. The van der Waals surface area contributed by atoms with Crippen LogP contribution in [0.15, 0.2) is 0 Å². The summed E-state index contributed by atoms with van der Waals surface area (Å²) in [5, 5.41) is 7.76. The minimum Gasteiger partial charge on any atom is -0.468 e. The third kappa shape index (κ3) is 3.35. The number of hydrogen-bond donors (Lipinski definition) is 1. The number of esters is 1. The van der Waals surface area contributed by atoms with Gasteiger partial charge in [0.1, 0.15) is 6.04 Å². The number of nitrogens with one attached hydrogen (secondary N) is 1. The van der Waals surface area contributed by atoms with Gasteiger partial charge in [-0.3, -0.25) is 14.8 Å². The van der Waals surface area contributed by atoms with Crippen LogP contribution in [0.1, 0.15) is 43.8 Å². The summed E-state index contributed by atoms with van der Waals surface area (Å²) in [6.45, 7) is 10.1. The summed E-state index contributed by atoms with van der Waals surface area (Å²) in [6, 6.07) is -0.251. The zero-order valence-corrected chi connectivity index (χ0v) is 12.9. The summed E-state index contributed by atoms with van der Waals surface area (Å²) >= 11 is 0. The summed E-state index contributed by atoms with van der Waals surface area (Å²) in [7, 11) is 3.35. The average molecular weight is 267 g/mol. The van der Waals surface area contributed by atoms with Gasteiger partial charge < -0.3 is 4.74 Å². The van der Waals surface area contributed by atoms with Gasteiger partial charge in [-0.25, -0.2) is 0 Å². The first kappa shape index (κ1) is 15.7. The van der Waals surface area contributed by atoms with E-state index in [-0.39, 0.29) is 24.0 Å². The summed E-state index contributed by atoms with van der Waals surface area (Å²) in [4.78, 5) is 11.8. The second-order valence-corrected chi connectivity index (χ2v) is 5.34. The van der Waals surface area contributed by atoms with Crippen molar-refractivity contribution in [1.29, 1.82) is 0 Å². The molecule has 1 aromatic heterocycles. The van der Waals surface area contributed by atoms with E-state index in [0.29, 0.717) is 0 Å². The van der Waals surface area contributed by atoms with Crippen LogP contribution in [0.5, 0.6) is 0 Å². The highest BCUT2D eigenvalue weighted by Gasteiger charge is 2.26. The van der Waals surface area contributed by atoms with Gasteiger partial charge in [0.05, 0.1) is 12.8 Å². The van der Waals surface area contributed by atoms with E-state index >= 15 is 0 Å². The number of hydrogen-bond acceptors (Lipinski definition) is 4. The fourth-order valence-electron chi connectivity index (χ4n) is 2.43. The smallest absolute Gasteiger partial charge is 0.323 e. The second-order valence-electron chi connectivity index (χ2n) is 5.34. The van der Waals surface area contributed by atoms with Gasteiger partial charge in [0.25, 0.3) is 0 Å². The molecule has 1 aromatic rings. The Morgan fingerprint density at radius 2 is 1.89 bits per heavy atom. The Hall–Kier alpha value is -1.36. The maximum Gasteiger partial charge on any atom is 0.323 e. The number of carbonyl (C=O) groups excluding carboxylic acids is 1. The molecule has 0 fully saturated rings. The third-order valence-electron chi connectivity index (χ3n) is 3.55. The Balaban J connectivity index is 2.94. The zero-order valence-electron chi connectivity index (χ0n) is 12.9. The molecule has 0 aliphatic carbocycles. The SMILES string of the molecule is COC(=O)C(NC(C)c1c(C)nn(C)c1C)C(C)C. The van der Waals surface area contributed by atoms with Crippen LogP contribution in [0.4, 0.5) is 0 Å². The molecular weight excluding hydrogens is 242 g/mol. The molecule has 0 amide bonds. The molecule has 0 radical (unpaired) electrons. The van der Waals surface area contributed by atoms with Gasteiger partial charge in [-0.15, -0.1) is 0 Å². The first-order chi connectivity index (χ1) is 8.79. The minimum atomic E-state index is -0.306. The van der Waals surface area contributed by atoms with E-state index in [1.807, 2.05) is 39.4 Å². The predicted octanol–water partition coefficient (Wildman–Crippen LogP) is 1.89. The lowest BCUT2D eigenvalue weighted by Gasteiger charge is -2.24. The predicted molar refractivity (Wildman–Crippen MR) is 74.9 cm³/mol. The van der Waals surface area contributed by atoms with Crippen LogP contribution in [0.3, 0.4) is 0 Å². The molecule has 5 nitrogen and oxygen atoms in total. The number of aryl methyl sites for hydroxylation is 2. The largest absolute Gasteiger partial charge is 0.468 e. The van der Waals surface area contributed by atoms with Crippen molar-refractivity contribution in [2.75, 3.05) is 7.11 Å². The van der Waals surface area contributed by atoms with Gasteiger partial charge in [-0.2, -0.15) is 5.10 Å². The van der Waals surface area contributed by atoms with Gasteiger partial charge in [0, 0.05) is 24.3 Å². The molecule has 0 aliphatic heterocycles. The quantitative estimate of drug-likeness (QED) is 0.828. The Morgan fingerprint density at radius 3 is 2.26 bits per heavy atom. The summed E-state index contributed by atoms with van der Waals surface area (Å²) in [5.41, 5.74) is 3.26. The lowest BCUT2D eigenvalue weighted by Crippen LogP contribution is -2.43. The van der Waals surface area contributed by atoms with E-state index in [0.717, 1.165) is 17.0 Å². The van der Waals surface area contributed by atoms with Gasteiger partial charge in [0.15, 0.2) is 0 Å². The molecule has 1 rings (SSSR count). The molecule has 1 heterocycles. The van der Waals surface area contributed by atoms with E-state index < -0.39 is 0 Å². The van der Waals surface area contributed by atoms with Crippen molar-refractivity contribution in [3.63, 3.8) is 0 Å². The molecule has 19 heavy (non-hydrogen) atoms. The van der Waals surface area contributed by atoms with E-state index in [1.165, 1.54) is 7.11 Å². The summed E-state index contributed by atoms with van der Waals surface area (Å²) < 4.78 is 6.72. The van der Waals surface area contributed by atoms with Crippen molar-refractivity contribution in [3.05, 3.63) is 17.0 Å². The minimum absolute atomic E-state index is 0.0557. The molecule has 2 unspecified atom stereocenters. The van der Waals surface area contributed by atoms with Gasteiger partial charge in [0.2, 0.25) is 0 Å². The normalized spacial score (nSPS) is 14.5. The summed E-state index contributed by atoms with van der Waals surface area (Å²) in [6.07, 6.45) is 0. The topological polar surface area (TPSA) is 56.1 Å². The molecule has 1 N–H and O–H groups in total. The fraction of sp³-hybridized carbons (Fsp3) is 0.714. The van der Waals surface area contributed by atoms with Gasteiger partial charge in [-0.1, -0.05) is 13.8 Å². The molecule has 5 heteroatoms. The molecule has 0 saturated heterocycles. The Bertz CT molecular complexity index is 452. The van der Waals surface area contributed by atoms with Crippen molar-refractivity contribution >= 4 is 5.97 Å². The first-order valence-corrected chi connectivity index (χ1v) is 6.63. The van der Waals surface area contributed by atoms with Crippen LogP contribution in [0.25, 0.3) is 0 Å². The maximum atomic E-state index is 11.8. The van der Waals surface area contributed by atoms with Gasteiger partial charge >= 0.3 is 5.97 Å². The van der Waals surface area contributed by atoms with Crippen molar-refractivity contribution in [2.45, 2.75) is 46.7 Å². The molecule has 0 bridgehead atoms.